The van der Waals surface area contributed by atoms with E-state index in [9.17, 15) is 0 Å². The summed E-state index contributed by atoms with van der Waals surface area (Å²) >= 11 is 0. The molecule has 1 aliphatic heterocycles. The molecule has 5 nitrogen and oxygen atoms in total. The van der Waals surface area contributed by atoms with Gasteiger partial charge < -0.3 is 4.90 Å². The summed E-state index contributed by atoms with van der Waals surface area (Å²) in [5.41, 5.74) is 1.71. The van der Waals surface area contributed by atoms with Gasteiger partial charge in [-0.2, -0.15) is 0 Å². The van der Waals surface area contributed by atoms with Crippen molar-refractivity contribution in [1.82, 2.24) is 19.9 Å². The molecule has 0 amide bonds. The molecule has 1 saturated carbocycles. The van der Waals surface area contributed by atoms with E-state index in [4.69, 9.17) is 0 Å². The van der Waals surface area contributed by atoms with Gasteiger partial charge >= 0.3 is 0 Å². The molecule has 1 spiro atoms. The van der Waals surface area contributed by atoms with Crippen LogP contribution in [0.5, 0.6) is 0 Å². The molecule has 5 heteroatoms. The lowest BCUT2D eigenvalue weighted by molar-refractivity contribution is -0.00926. The number of hydrogen-bond acceptors (Lipinski definition) is 5. The van der Waals surface area contributed by atoms with Crippen molar-refractivity contribution in [2.24, 2.45) is 5.41 Å². The third kappa shape index (κ3) is 3.13. The highest BCUT2D eigenvalue weighted by Crippen LogP contribution is 2.51. The topological polar surface area (TPSA) is 45.2 Å². The third-order valence-corrected chi connectivity index (χ3v) is 5.76. The van der Waals surface area contributed by atoms with Crippen molar-refractivity contribution in [3.05, 3.63) is 48.5 Å². The van der Waals surface area contributed by atoms with E-state index >= 15 is 0 Å². The molecule has 0 radical (unpaired) electrons. The van der Waals surface area contributed by atoms with E-state index in [1.54, 1.807) is 0 Å². The Morgan fingerprint density at radius 2 is 1.75 bits per heavy atom. The van der Waals surface area contributed by atoms with Gasteiger partial charge in [-0.05, 0) is 56.3 Å². The summed E-state index contributed by atoms with van der Waals surface area (Å²) in [6.45, 7) is 3.12. The van der Waals surface area contributed by atoms with E-state index in [1.165, 1.54) is 25.7 Å². The van der Waals surface area contributed by atoms with E-state index in [1.807, 2.05) is 30.7 Å². The molecule has 126 valence electrons. The quantitative estimate of drug-likeness (QED) is 0.866. The number of rotatable bonds is 4. The summed E-state index contributed by atoms with van der Waals surface area (Å²) < 4.78 is 0. The second-order valence-electron chi connectivity index (χ2n) is 7.33. The van der Waals surface area contributed by atoms with Crippen LogP contribution in [-0.4, -0.2) is 46.0 Å². The highest BCUT2D eigenvalue weighted by atomic mass is 15.3. The largest absolute Gasteiger partial charge is 0.341 e. The van der Waals surface area contributed by atoms with Gasteiger partial charge in [0.1, 0.15) is 0 Å². The fourth-order valence-corrected chi connectivity index (χ4v) is 4.17. The molecule has 0 bridgehead atoms. The lowest BCUT2D eigenvalue weighted by Crippen LogP contribution is -2.54. The SMILES string of the molecule is CN(Cc1ccccn1)C1CC2(CCN(c3ncccn3)CC2)C1. The Bertz CT molecular complexity index is 644. The predicted molar refractivity (Wildman–Crippen MR) is 94.6 cm³/mol. The van der Waals surface area contributed by atoms with Crippen LogP contribution in [0.1, 0.15) is 31.4 Å². The zero-order chi connectivity index (χ0) is 16.4. The molecule has 2 aromatic rings. The highest BCUT2D eigenvalue weighted by Gasteiger charge is 2.47. The molecule has 1 aliphatic carbocycles. The van der Waals surface area contributed by atoms with Gasteiger partial charge in [-0.25, -0.2) is 9.97 Å². The van der Waals surface area contributed by atoms with Gasteiger partial charge in [0.15, 0.2) is 0 Å². The van der Waals surface area contributed by atoms with Gasteiger partial charge in [0, 0.05) is 44.3 Å². The minimum absolute atomic E-state index is 0.550. The summed E-state index contributed by atoms with van der Waals surface area (Å²) in [4.78, 5) is 18.0. The third-order valence-electron chi connectivity index (χ3n) is 5.76. The van der Waals surface area contributed by atoms with E-state index in [-0.39, 0.29) is 0 Å². The molecule has 2 fully saturated rings. The first kappa shape index (κ1) is 15.5. The molecule has 24 heavy (non-hydrogen) atoms. The summed E-state index contributed by atoms with van der Waals surface area (Å²) in [6, 6.07) is 8.74. The second kappa shape index (κ2) is 6.48. The molecule has 0 aromatic carbocycles. The molecule has 2 aliphatic rings. The average Bonchev–Trinajstić information content (AvgIpc) is 2.61. The van der Waals surface area contributed by atoms with Crippen molar-refractivity contribution < 1.29 is 0 Å². The molecule has 1 saturated heterocycles. The first-order chi connectivity index (χ1) is 11.7. The normalized spacial score (nSPS) is 20.3. The maximum atomic E-state index is 4.44. The Morgan fingerprint density at radius 3 is 2.42 bits per heavy atom. The zero-order valence-electron chi connectivity index (χ0n) is 14.3. The van der Waals surface area contributed by atoms with Crippen molar-refractivity contribution in [3.8, 4) is 0 Å². The first-order valence-corrected chi connectivity index (χ1v) is 8.86. The molecular weight excluding hydrogens is 298 g/mol. The summed E-state index contributed by atoms with van der Waals surface area (Å²) in [5.74, 6) is 0.885. The van der Waals surface area contributed by atoms with Crippen molar-refractivity contribution >= 4 is 5.95 Å². The lowest BCUT2D eigenvalue weighted by Gasteiger charge is -2.54. The van der Waals surface area contributed by atoms with Gasteiger partial charge in [0.2, 0.25) is 5.95 Å². The van der Waals surface area contributed by atoms with Crippen LogP contribution in [0.2, 0.25) is 0 Å². The molecule has 0 atom stereocenters. The van der Waals surface area contributed by atoms with E-state index in [0.717, 1.165) is 31.3 Å². The van der Waals surface area contributed by atoms with Crippen LogP contribution >= 0.6 is 0 Å². The number of nitrogens with zero attached hydrogens (tertiary/aromatic N) is 5. The lowest BCUT2D eigenvalue weighted by atomic mass is 9.60. The smallest absolute Gasteiger partial charge is 0.225 e. The van der Waals surface area contributed by atoms with Crippen molar-refractivity contribution in [2.45, 2.75) is 38.3 Å². The van der Waals surface area contributed by atoms with Crippen LogP contribution in [0.15, 0.2) is 42.9 Å². The van der Waals surface area contributed by atoms with E-state index in [2.05, 4.69) is 43.9 Å². The average molecular weight is 323 g/mol. The van der Waals surface area contributed by atoms with Gasteiger partial charge in [0.25, 0.3) is 0 Å². The summed E-state index contributed by atoms with van der Waals surface area (Å²) in [7, 11) is 2.24. The molecular formula is C19H25N5. The highest BCUT2D eigenvalue weighted by molar-refractivity contribution is 5.30. The Labute approximate surface area is 143 Å². The van der Waals surface area contributed by atoms with E-state index < -0.39 is 0 Å². The van der Waals surface area contributed by atoms with Gasteiger partial charge in [-0.15, -0.1) is 0 Å². The Morgan fingerprint density at radius 1 is 1.04 bits per heavy atom. The number of pyridine rings is 1. The molecule has 3 heterocycles. The molecule has 2 aromatic heterocycles. The molecule has 4 rings (SSSR count). The number of anilines is 1. The Hall–Kier alpha value is -2.01. The first-order valence-electron chi connectivity index (χ1n) is 8.86. The molecule has 0 unspecified atom stereocenters. The number of hydrogen-bond donors (Lipinski definition) is 0. The van der Waals surface area contributed by atoms with Crippen LogP contribution in [-0.2, 0) is 6.54 Å². The predicted octanol–water partition coefficient (Wildman–Crippen LogP) is 2.75. The van der Waals surface area contributed by atoms with Crippen molar-refractivity contribution in [1.29, 1.82) is 0 Å². The van der Waals surface area contributed by atoms with Crippen LogP contribution < -0.4 is 4.90 Å². The summed E-state index contributed by atoms with van der Waals surface area (Å²) in [5, 5.41) is 0. The Balaban J connectivity index is 1.28. The van der Waals surface area contributed by atoms with Crippen LogP contribution in [0.3, 0.4) is 0 Å². The standard InChI is InChI=1S/C19H25N5/c1-23(15-16-5-2-3-8-20-16)17-13-19(14-17)6-11-24(12-7-19)18-21-9-4-10-22-18/h2-5,8-10,17H,6-7,11-15H2,1H3. The maximum absolute atomic E-state index is 4.44. The van der Waals surface area contributed by atoms with Gasteiger partial charge in [-0.3, -0.25) is 9.88 Å². The Kier molecular flexibility index (Phi) is 4.19. The van der Waals surface area contributed by atoms with Crippen LogP contribution in [0.4, 0.5) is 5.95 Å². The van der Waals surface area contributed by atoms with Crippen LogP contribution in [0, 0.1) is 5.41 Å². The number of piperidine rings is 1. The van der Waals surface area contributed by atoms with Crippen LogP contribution in [0.25, 0.3) is 0 Å². The van der Waals surface area contributed by atoms with Crippen molar-refractivity contribution in [2.75, 3.05) is 25.0 Å². The second-order valence-corrected chi connectivity index (χ2v) is 7.33. The van der Waals surface area contributed by atoms with E-state index in [0.29, 0.717) is 11.5 Å². The van der Waals surface area contributed by atoms with Gasteiger partial charge in [-0.1, -0.05) is 6.07 Å². The fraction of sp³-hybridized carbons (Fsp3) is 0.526. The monoisotopic (exact) mass is 323 g/mol. The fourth-order valence-electron chi connectivity index (χ4n) is 4.17. The minimum Gasteiger partial charge on any atom is -0.341 e. The minimum atomic E-state index is 0.550. The number of aromatic nitrogens is 3. The maximum Gasteiger partial charge on any atom is 0.225 e. The molecule has 0 N–H and O–H groups in total. The zero-order valence-corrected chi connectivity index (χ0v) is 14.3. The van der Waals surface area contributed by atoms with Crippen molar-refractivity contribution in [3.63, 3.8) is 0 Å². The van der Waals surface area contributed by atoms with Gasteiger partial charge in [0.05, 0.1) is 5.69 Å². The summed E-state index contributed by atoms with van der Waals surface area (Å²) in [6.07, 6.45) is 10.7.